The molecule has 3 heterocycles. The van der Waals surface area contributed by atoms with Crippen molar-refractivity contribution in [2.75, 3.05) is 5.32 Å². The van der Waals surface area contributed by atoms with Gasteiger partial charge in [-0.3, -0.25) is 14.3 Å². The predicted molar refractivity (Wildman–Crippen MR) is 143 cm³/mol. The highest BCUT2D eigenvalue weighted by atomic mass is 16.3. The highest BCUT2D eigenvalue weighted by Gasteiger charge is 2.27. The van der Waals surface area contributed by atoms with E-state index in [0.717, 1.165) is 29.4 Å². The number of fused-ring (bicyclic) bond motifs is 3. The Labute approximate surface area is 210 Å². The van der Waals surface area contributed by atoms with Gasteiger partial charge in [0.25, 0.3) is 0 Å². The lowest BCUT2D eigenvalue weighted by Crippen LogP contribution is -2.17. The van der Waals surface area contributed by atoms with Crippen LogP contribution in [0.3, 0.4) is 0 Å². The monoisotopic (exact) mass is 489 g/mol. The van der Waals surface area contributed by atoms with Gasteiger partial charge in [0, 0.05) is 0 Å². The van der Waals surface area contributed by atoms with Crippen molar-refractivity contribution in [3.05, 3.63) is 111 Å². The Balaban J connectivity index is 1.47. The predicted octanol–water partition coefficient (Wildman–Crippen LogP) is 5.22. The van der Waals surface area contributed by atoms with Crippen LogP contribution in [0.1, 0.15) is 29.2 Å². The molecule has 182 valence electrons. The van der Waals surface area contributed by atoms with Gasteiger partial charge in [0.05, 0.1) is 40.0 Å². The van der Waals surface area contributed by atoms with Crippen LogP contribution in [0.4, 0.5) is 5.82 Å². The first kappa shape index (κ1) is 21.4. The van der Waals surface area contributed by atoms with Crippen molar-refractivity contribution in [1.29, 1.82) is 0 Å². The van der Waals surface area contributed by atoms with E-state index >= 15 is 0 Å². The van der Waals surface area contributed by atoms with E-state index in [1.807, 2.05) is 49.4 Å². The first-order valence-electron chi connectivity index (χ1n) is 12.2. The molecule has 1 atom stereocenters. The number of H-pyrrole nitrogens is 2. The number of nitrogens with one attached hydrogen (secondary N) is 3. The number of nitrogens with zero attached hydrogens (tertiary/aromatic N) is 2. The summed E-state index contributed by atoms with van der Waals surface area (Å²) in [6.07, 6.45) is 4.89. The van der Waals surface area contributed by atoms with Crippen LogP contribution in [0.25, 0.3) is 38.9 Å². The number of anilines is 1. The molecule has 0 spiro atoms. The molecule has 8 heteroatoms. The van der Waals surface area contributed by atoms with E-state index < -0.39 is 0 Å². The van der Waals surface area contributed by atoms with E-state index in [1.165, 1.54) is 22.0 Å². The zero-order valence-corrected chi connectivity index (χ0v) is 20.0. The summed E-state index contributed by atoms with van der Waals surface area (Å²) in [4.78, 5) is 37.6. The molecular formula is C29H23N5O3. The minimum absolute atomic E-state index is 0.00581. The van der Waals surface area contributed by atoms with Crippen LogP contribution >= 0.6 is 0 Å². The van der Waals surface area contributed by atoms with Crippen molar-refractivity contribution in [2.24, 2.45) is 0 Å². The summed E-state index contributed by atoms with van der Waals surface area (Å²) in [7, 11) is 0. The largest absolute Gasteiger partial charge is 0.463 e. The molecule has 37 heavy (non-hydrogen) atoms. The van der Waals surface area contributed by atoms with Gasteiger partial charge in [-0.15, -0.1) is 0 Å². The van der Waals surface area contributed by atoms with Gasteiger partial charge in [0.15, 0.2) is 0 Å². The Morgan fingerprint density at radius 2 is 1.97 bits per heavy atom. The van der Waals surface area contributed by atoms with Crippen molar-refractivity contribution in [3.8, 4) is 16.9 Å². The fourth-order valence-corrected chi connectivity index (χ4v) is 5.39. The Bertz CT molecular complexity index is 1940. The van der Waals surface area contributed by atoms with Crippen molar-refractivity contribution >= 4 is 27.8 Å². The van der Waals surface area contributed by atoms with Gasteiger partial charge in [-0.1, -0.05) is 35.9 Å². The molecule has 1 unspecified atom stereocenters. The Morgan fingerprint density at radius 3 is 2.89 bits per heavy atom. The van der Waals surface area contributed by atoms with E-state index in [0.29, 0.717) is 33.7 Å². The summed E-state index contributed by atoms with van der Waals surface area (Å²) >= 11 is 0. The van der Waals surface area contributed by atoms with Gasteiger partial charge in [-0.2, -0.15) is 0 Å². The van der Waals surface area contributed by atoms with Gasteiger partial charge in [0.2, 0.25) is 5.43 Å². The molecule has 1 aliphatic carbocycles. The fourth-order valence-electron chi connectivity index (χ4n) is 5.39. The number of imidazole rings is 2. The average molecular weight is 490 g/mol. The van der Waals surface area contributed by atoms with E-state index in [9.17, 15) is 9.59 Å². The van der Waals surface area contributed by atoms with E-state index in [1.54, 1.807) is 12.4 Å². The Morgan fingerprint density at radius 1 is 1.08 bits per heavy atom. The van der Waals surface area contributed by atoms with Crippen LogP contribution in [0.15, 0.2) is 87.3 Å². The second-order valence-corrected chi connectivity index (χ2v) is 9.51. The molecule has 1 aliphatic rings. The molecule has 0 bridgehead atoms. The third kappa shape index (κ3) is 3.41. The molecule has 0 aliphatic heterocycles. The minimum atomic E-state index is -0.355. The number of aromatic nitrogens is 4. The topological polar surface area (TPSA) is 109 Å². The SMILES string of the molecule is Cc1ccc2occ(-c3c(NC4CCc5ccccc54)[nH]c(=O)n3-c3ccc4nc[nH]c4c3)c(=O)c2c1. The van der Waals surface area contributed by atoms with Gasteiger partial charge >= 0.3 is 5.69 Å². The summed E-state index contributed by atoms with van der Waals surface area (Å²) in [6, 6.07) is 19.3. The van der Waals surface area contributed by atoms with E-state index in [2.05, 4.69) is 32.4 Å². The first-order chi connectivity index (χ1) is 18.1. The van der Waals surface area contributed by atoms with E-state index in [4.69, 9.17) is 4.42 Å². The Hall–Kier alpha value is -4.85. The van der Waals surface area contributed by atoms with Gasteiger partial charge in [-0.25, -0.2) is 9.78 Å². The molecule has 7 rings (SSSR count). The average Bonchev–Trinajstić information content (AvgIpc) is 3.62. The molecule has 0 saturated heterocycles. The van der Waals surface area contributed by atoms with Gasteiger partial charge < -0.3 is 14.7 Å². The number of aromatic amines is 2. The third-order valence-electron chi connectivity index (χ3n) is 7.19. The lowest BCUT2D eigenvalue weighted by Gasteiger charge is -2.16. The van der Waals surface area contributed by atoms with Crippen LogP contribution < -0.4 is 16.4 Å². The zero-order chi connectivity index (χ0) is 25.1. The number of rotatable bonds is 4. The molecule has 3 aromatic heterocycles. The summed E-state index contributed by atoms with van der Waals surface area (Å²) < 4.78 is 7.42. The quantitative estimate of drug-likeness (QED) is 0.314. The summed E-state index contributed by atoms with van der Waals surface area (Å²) in [5.41, 5.74) is 6.30. The number of hydrogen-bond donors (Lipinski definition) is 3. The second-order valence-electron chi connectivity index (χ2n) is 9.51. The maximum atomic E-state index is 13.8. The number of benzene rings is 3. The minimum Gasteiger partial charge on any atom is -0.463 e. The van der Waals surface area contributed by atoms with Gasteiger partial charge in [-0.05, 0) is 61.2 Å². The fraction of sp³-hybridized carbons (Fsp3) is 0.138. The second kappa shape index (κ2) is 8.09. The van der Waals surface area contributed by atoms with E-state index in [-0.39, 0.29) is 17.2 Å². The molecule has 0 amide bonds. The summed E-state index contributed by atoms with van der Waals surface area (Å²) in [6.45, 7) is 1.93. The highest BCUT2D eigenvalue weighted by molar-refractivity contribution is 5.85. The molecule has 8 nitrogen and oxygen atoms in total. The Kier molecular flexibility index (Phi) is 4.69. The van der Waals surface area contributed by atoms with Crippen LogP contribution in [-0.2, 0) is 6.42 Å². The lowest BCUT2D eigenvalue weighted by molar-refractivity contribution is 0.604. The molecule has 0 radical (unpaired) electrons. The molecule has 3 N–H and O–H groups in total. The summed E-state index contributed by atoms with van der Waals surface area (Å²) in [5, 5.41) is 4.01. The highest BCUT2D eigenvalue weighted by Crippen LogP contribution is 2.36. The van der Waals surface area contributed by atoms with Crippen LogP contribution in [0, 0.1) is 6.92 Å². The molecule has 3 aromatic carbocycles. The van der Waals surface area contributed by atoms with Crippen molar-refractivity contribution < 1.29 is 4.42 Å². The van der Waals surface area contributed by atoms with Gasteiger partial charge in [0.1, 0.15) is 23.4 Å². The van der Waals surface area contributed by atoms with Crippen LogP contribution in [0.5, 0.6) is 0 Å². The van der Waals surface area contributed by atoms with Crippen molar-refractivity contribution in [1.82, 2.24) is 19.5 Å². The standard InChI is InChI=1S/C29H23N5O3/c1-16-6-11-25-20(12-16)27(35)21(14-37-25)26-28(32-22-9-7-17-4-2-3-5-19(17)22)33-29(36)34(26)18-8-10-23-24(13-18)31-15-30-23/h2-6,8,10-15,22,32H,7,9H2,1H3,(H,30,31)(H,33,36). The van der Waals surface area contributed by atoms with Crippen LogP contribution in [-0.4, -0.2) is 19.5 Å². The molecule has 6 aromatic rings. The van der Waals surface area contributed by atoms with Crippen molar-refractivity contribution in [3.63, 3.8) is 0 Å². The number of aryl methyl sites for hydroxylation is 2. The first-order valence-corrected chi connectivity index (χ1v) is 12.2. The smallest absolute Gasteiger partial charge is 0.332 e. The molecule has 0 saturated carbocycles. The van der Waals surface area contributed by atoms with Crippen LogP contribution in [0.2, 0.25) is 0 Å². The maximum Gasteiger partial charge on any atom is 0.332 e. The summed E-state index contributed by atoms with van der Waals surface area (Å²) in [5.74, 6) is 0.482. The third-order valence-corrected chi connectivity index (χ3v) is 7.19. The maximum absolute atomic E-state index is 13.8. The van der Waals surface area contributed by atoms with Crippen molar-refractivity contribution in [2.45, 2.75) is 25.8 Å². The number of hydrogen-bond acceptors (Lipinski definition) is 5. The molecular weight excluding hydrogens is 466 g/mol. The lowest BCUT2D eigenvalue weighted by atomic mass is 10.1. The molecule has 0 fully saturated rings. The zero-order valence-electron chi connectivity index (χ0n) is 20.0. The normalized spacial score (nSPS) is 14.9.